The first-order valence-electron chi connectivity index (χ1n) is 9.09. The van der Waals surface area contributed by atoms with E-state index in [9.17, 15) is 18.0 Å². The van der Waals surface area contributed by atoms with Crippen molar-refractivity contribution in [2.45, 2.75) is 44.1 Å². The smallest absolute Gasteiger partial charge is 0.311 e. The number of hydrogen-bond acceptors (Lipinski definition) is 8. The predicted molar refractivity (Wildman–Crippen MR) is 108 cm³/mol. The van der Waals surface area contributed by atoms with E-state index in [-0.39, 0.29) is 17.8 Å². The summed E-state index contributed by atoms with van der Waals surface area (Å²) in [6.45, 7) is -0.248. The molecule has 1 saturated carbocycles. The van der Waals surface area contributed by atoms with Gasteiger partial charge < -0.3 is 4.74 Å². The Labute approximate surface area is 170 Å². The van der Waals surface area contributed by atoms with Crippen LogP contribution in [0.1, 0.15) is 43.6 Å². The number of imide groups is 1. The summed E-state index contributed by atoms with van der Waals surface area (Å²) in [4.78, 5) is 27.4. The molecule has 1 unspecified atom stereocenters. The molecule has 2 amide bonds. The summed E-state index contributed by atoms with van der Waals surface area (Å²) < 4.78 is 33.3. The summed E-state index contributed by atoms with van der Waals surface area (Å²) in [7, 11) is 0.510. The van der Waals surface area contributed by atoms with Gasteiger partial charge in [-0.25, -0.2) is 0 Å². The van der Waals surface area contributed by atoms with Gasteiger partial charge in [0, 0.05) is 18.0 Å². The number of hydrogen-bond donors (Lipinski definition) is 1. The van der Waals surface area contributed by atoms with Gasteiger partial charge in [0.1, 0.15) is 5.75 Å². The van der Waals surface area contributed by atoms with Gasteiger partial charge in [-0.3, -0.25) is 19.2 Å². The van der Waals surface area contributed by atoms with Gasteiger partial charge in [0.2, 0.25) is 5.91 Å². The fourth-order valence-corrected chi connectivity index (χ4v) is 4.14. The largest absolute Gasteiger partial charge is 0.497 e. The molecule has 1 aromatic rings. The van der Waals surface area contributed by atoms with Gasteiger partial charge in [-0.15, -0.1) is 0 Å². The van der Waals surface area contributed by atoms with E-state index in [4.69, 9.17) is 4.74 Å². The molecule has 1 fully saturated rings. The Balaban J connectivity index is 2.38. The number of benzene rings is 1. The van der Waals surface area contributed by atoms with Crippen LogP contribution in [0.3, 0.4) is 0 Å². The average Bonchev–Trinajstić information content (AvgIpc) is 2.69. The predicted octanol–water partition coefficient (Wildman–Crippen LogP) is 2.99. The zero-order valence-electron chi connectivity index (χ0n) is 16.0. The molecule has 1 aliphatic carbocycles. The van der Waals surface area contributed by atoms with Crippen molar-refractivity contribution in [3.05, 3.63) is 29.8 Å². The van der Waals surface area contributed by atoms with Gasteiger partial charge in [-0.05, 0) is 37.6 Å². The highest BCUT2D eigenvalue weighted by Crippen LogP contribution is 2.29. The molecule has 1 atom stereocenters. The molecule has 0 aliphatic heterocycles. The summed E-state index contributed by atoms with van der Waals surface area (Å²) in [6.07, 6.45) is 4.49. The molecule has 1 aromatic carbocycles. The van der Waals surface area contributed by atoms with Gasteiger partial charge >= 0.3 is 15.7 Å². The molecule has 0 bridgehead atoms. The van der Waals surface area contributed by atoms with Gasteiger partial charge in [0.05, 0.1) is 19.6 Å². The van der Waals surface area contributed by atoms with Gasteiger partial charge in [0.25, 0.3) is 0 Å². The molecule has 28 heavy (non-hydrogen) atoms. The van der Waals surface area contributed by atoms with Crippen LogP contribution >= 0.6 is 11.9 Å². The van der Waals surface area contributed by atoms with Crippen molar-refractivity contribution in [2.24, 2.45) is 4.36 Å². The number of rotatable bonds is 7. The third-order valence-corrected chi connectivity index (χ3v) is 5.68. The van der Waals surface area contributed by atoms with E-state index in [0.29, 0.717) is 11.3 Å². The van der Waals surface area contributed by atoms with Crippen molar-refractivity contribution in [1.82, 2.24) is 9.62 Å². The van der Waals surface area contributed by atoms with E-state index in [1.807, 2.05) is 0 Å². The SMILES string of the molecule is CNSC(=O)N(C(=O)C(CN=S(=O)=O)c1ccc(OC)cc1)C1CCCCC1. The normalized spacial score (nSPS) is 15.5. The zero-order valence-corrected chi connectivity index (χ0v) is 17.6. The average molecular weight is 428 g/mol. The third-order valence-electron chi connectivity index (χ3n) is 4.74. The lowest BCUT2D eigenvalue weighted by Gasteiger charge is -2.34. The van der Waals surface area contributed by atoms with Crippen molar-refractivity contribution in [1.29, 1.82) is 0 Å². The van der Waals surface area contributed by atoms with Crippen LogP contribution in [0.15, 0.2) is 28.6 Å². The molecule has 2 rings (SSSR count). The Hall–Kier alpha value is -1.91. The molecule has 0 aromatic heterocycles. The highest BCUT2D eigenvalue weighted by molar-refractivity contribution is 8.11. The summed E-state index contributed by atoms with van der Waals surface area (Å²) in [5.41, 5.74) is 0.586. The summed E-state index contributed by atoms with van der Waals surface area (Å²) in [6, 6.07) is 6.59. The van der Waals surface area contributed by atoms with E-state index in [0.717, 1.165) is 44.1 Å². The van der Waals surface area contributed by atoms with E-state index in [2.05, 4.69) is 9.08 Å². The Morgan fingerprint density at radius 2 is 1.89 bits per heavy atom. The second kappa shape index (κ2) is 11.2. The highest BCUT2D eigenvalue weighted by atomic mass is 32.2. The standard InChI is InChI=1S/C18H25N3O5S2/c1-19-27-18(23)21(14-6-4-3-5-7-14)17(22)16(12-20-28(24)25)13-8-10-15(26-2)11-9-13/h8-11,14,16,19H,3-7,12H2,1-2H3. The van der Waals surface area contributed by atoms with Crippen LogP contribution in [0.25, 0.3) is 0 Å². The minimum Gasteiger partial charge on any atom is -0.497 e. The van der Waals surface area contributed by atoms with Gasteiger partial charge in [0.15, 0.2) is 0 Å². The molecular formula is C18H25N3O5S2. The van der Waals surface area contributed by atoms with Crippen LogP contribution in [0.2, 0.25) is 0 Å². The topological polar surface area (TPSA) is 105 Å². The van der Waals surface area contributed by atoms with Gasteiger partial charge in [-0.1, -0.05) is 31.4 Å². The van der Waals surface area contributed by atoms with Crippen molar-refractivity contribution >= 4 is 33.6 Å². The van der Waals surface area contributed by atoms with E-state index in [1.165, 1.54) is 12.0 Å². The molecule has 10 heteroatoms. The molecule has 0 heterocycles. The van der Waals surface area contributed by atoms with Crippen molar-refractivity contribution < 1.29 is 22.7 Å². The lowest BCUT2D eigenvalue weighted by Crippen LogP contribution is -2.47. The molecule has 1 aliphatic rings. The maximum Gasteiger partial charge on any atom is 0.311 e. The number of carbonyl (C=O) groups excluding carboxylic acids is 2. The fraction of sp³-hybridized carbons (Fsp3) is 0.556. The molecule has 0 saturated heterocycles. The Bertz CT molecular complexity index is 797. The van der Waals surface area contributed by atoms with E-state index >= 15 is 0 Å². The minimum atomic E-state index is -2.64. The number of ether oxygens (including phenoxy) is 1. The Morgan fingerprint density at radius 3 is 2.43 bits per heavy atom. The van der Waals surface area contributed by atoms with Crippen LogP contribution in [0, 0.1) is 0 Å². The maximum atomic E-state index is 13.4. The second-order valence-corrected chi connectivity index (χ2v) is 8.08. The highest BCUT2D eigenvalue weighted by Gasteiger charge is 2.36. The molecule has 8 nitrogen and oxygen atoms in total. The van der Waals surface area contributed by atoms with Crippen LogP contribution in [0.4, 0.5) is 4.79 Å². The van der Waals surface area contributed by atoms with Crippen molar-refractivity contribution in [2.75, 3.05) is 20.7 Å². The van der Waals surface area contributed by atoms with E-state index < -0.39 is 22.3 Å². The summed E-state index contributed by atoms with van der Waals surface area (Å²) >= 11 is 0.848. The first kappa shape index (κ1) is 22.4. The zero-order chi connectivity index (χ0) is 20.5. The number of nitrogens with one attached hydrogen (secondary N) is 1. The van der Waals surface area contributed by atoms with Gasteiger partial charge in [-0.2, -0.15) is 12.8 Å². The second-order valence-electron chi connectivity index (χ2n) is 6.43. The maximum absolute atomic E-state index is 13.4. The van der Waals surface area contributed by atoms with Crippen LogP contribution in [-0.2, 0) is 15.3 Å². The minimum absolute atomic E-state index is 0.187. The molecule has 154 valence electrons. The lowest BCUT2D eigenvalue weighted by molar-refractivity contribution is -0.131. The van der Waals surface area contributed by atoms with Crippen molar-refractivity contribution in [3.63, 3.8) is 0 Å². The van der Waals surface area contributed by atoms with Crippen LogP contribution in [0.5, 0.6) is 5.75 Å². The number of amides is 2. The lowest BCUT2D eigenvalue weighted by atomic mass is 9.92. The van der Waals surface area contributed by atoms with Crippen molar-refractivity contribution in [3.8, 4) is 5.75 Å². The molecular weight excluding hydrogens is 402 g/mol. The Kier molecular flexibility index (Phi) is 8.94. The number of carbonyl (C=O) groups is 2. The Morgan fingerprint density at radius 1 is 1.25 bits per heavy atom. The number of nitrogens with zero attached hydrogens (tertiary/aromatic N) is 2. The molecule has 0 spiro atoms. The molecule has 0 radical (unpaired) electrons. The van der Waals surface area contributed by atoms with E-state index in [1.54, 1.807) is 31.3 Å². The third kappa shape index (κ3) is 6.05. The monoisotopic (exact) mass is 427 g/mol. The fourth-order valence-electron chi connectivity index (χ4n) is 3.36. The van der Waals surface area contributed by atoms with Crippen LogP contribution in [-0.4, -0.2) is 51.2 Å². The summed E-state index contributed by atoms with van der Waals surface area (Å²) in [5, 5.41) is -0.388. The first-order valence-corrected chi connectivity index (χ1v) is 10.9. The summed E-state index contributed by atoms with van der Waals surface area (Å²) in [5.74, 6) is -0.684. The van der Waals surface area contributed by atoms with Crippen LogP contribution < -0.4 is 9.46 Å². The first-order chi connectivity index (χ1) is 13.5. The molecule has 1 N–H and O–H groups in total. The quantitative estimate of drug-likeness (QED) is 0.667. The number of methoxy groups -OCH3 is 1.